The third kappa shape index (κ3) is 4.41. The second kappa shape index (κ2) is 6.40. The van der Waals surface area contributed by atoms with Gasteiger partial charge in [0.25, 0.3) is 0 Å². The van der Waals surface area contributed by atoms with Crippen molar-refractivity contribution in [2.45, 2.75) is 0 Å². The van der Waals surface area contributed by atoms with Crippen LogP contribution >= 0.6 is 0 Å². The molecule has 4 heteroatoms. The number of nitrogen functional groups attached to an aromatic ring is 1. The van der Waals surface area contributed by atoms with E-state index in [0.29, 0.717) is 5.82 Å². The molecule has 2 heterocycles. The molecule has 0 amide bonds. The highest BCUT2D eigenvalue weighted by Gasteiger charge is 1.88. The van der Waals surface area contributed by atoms with Gasteiger partial charge in [0.05, 0.1) is 0 Å². The van der Waals surface area contributed by atoms with Crippen LogP contribution in [0.15, 0.2) is 48.9 Å². The van der Waals surface area contributed by atoms with Crippen molar-refractivity contribution < 1.29 is 0 Å². The van der Waals surface area contributed by atoms with Crippen molar-refractivity contribution in [1.82, 2.24) is 9.97 Å². The molecule has 2 N–H and O–H groups in total. The molecule has 0 atom stereocenters. The van der Waals surface area contributed by atoms with E-state index >= 15 is 0 Å². The molecular formula is C12H16N4. The fraction of sp³-hybridized carbons (Fsp3) is 0.167. The Bertz CT molecular complexity index is 386. The monoisotopic (exact) mass is 216 g/mol. The Morgan fingerprint density at radius 1 is 1.00 bits per heavy atom. The van der Waals surface area contributed by atoms with Gasteiger partial charge >= 0.3 is 0 Å². The highest BCUT2D eigenvalue weighted by Crippen LogP contribution is 2.05. The van der Waals surface area contributed by atoms with Gasteiger partial charge in [-0.1, -0.05) is 6.07 Å². The Labute approximate surface area is 95.8 Å². The fourth-order valence-electron chi connectivity index (χ4n) is 1.02. The SMILES string of the molecule is CN(C)c1ccncc1.Nc1ccccn1. The second-order valence-corrected chi connectivity index (χ2v) is 3.35. The summed E-state index contributed by atoms with van der Waals surface area (Å²) in [6, 6.07) is 9.37. The third-order valence-electron chi connectivity index (χ3n) is 1.87. The van der Waals surface area contributed by atoms with Crippen LogP contribution in [0.4, 0.5) is 11.5 Å². The standard InChI is InChI=1S/C7H10N2.C5H6N2/c1-9(2)7-3-5-8-6-4-7;6-5-3-1-2-4-7-5/h3-6H,1-2H3;1-4H,(H2,6,7). The normalized spacial score (nSPS) is 8.88. The lowest BCUT2D eigenvalue weighted by atomic mass is 10.4. The summed E-state index contributed by atoms with van der Waals surface area (Å²) in [5, 5.41) is 0. The summed E-state index contributed by atoms with van der Waals surface area (Å²) in [7, 11) is 4.02. The van der Waals surface area contributed by atoms with E-state index in [0.717, 1.165) is 0 Å². The van der Waals surface area contributed by atoms with Crippen LogP contribution in [0, 0.1) is 0 Å². The molecule has 0 radical (unpaired) electrons. The van der Waals surface area contributed by atoms with Gasteiger partial charge in [-0.05, 0) is 24.3 Å². The Morgan fingerprint density at radius 2 is 1.69 bits per heavy atom. The number of rotatable bonds is 1. The van der Waals surface area contributed by atoms with E-state index in [-0.39, 0.29) is 0 Å². The van der Waals surface area contributed by atoms with Crippen molar-refractivity contribution in [1.29, 1.82) is 0 Å². The Morgan fingerprint density at radius 3 is 2.00 bits per heavy atom. The van der Waals surface area contributed by atoms with Crippen LogP contribution in [-0.4, -0.2) is 24.1 Å². The average molecular weight is 216 g/mol. The first-order chi connectivity index (χ1) is 7.70. The van der Waals surface area contributed by atoms with Crippen LogP contribution in [-0.2, 0) is 0 Å². The molecule has 0 aliphatic heterocycles. The summed E-state index contributed by atoms with van der Waals surface area (Å²) in [6.07, 6.45) is 5.24. The first-order valence-corrected chi connectivity index (χ1v) is 4.94. The fourth-order valence-corrected chi connectivity index (χ4v) is 1.02. The summed E-state index contributed by atoms with van der Waals surface area (Å²) in [6.45, 7) is 0. The van der Waals surface area contributed by atoms with E-state index in [9.17, 15) is 0 Å². The number of nitrogens with zero attached hydrogens (tertiary/aromatic N) is 3. The zero-order chi connectivity index (χ0) is 11.8. The molecule has 0 aliphatic carbocycles. The van der Waals surface area contributed by atoms with Crippen LogP contribution < -0.4 is 10.6 Å². The first kappa shape index (κ1) is 12.0. The van der Waals surface area contributed by atoms with E-state index in [4.69, 9.17) is 5.73 Å². The smallest absolute Gasteiger partial charge is 0.123 e. The zero-order valence-corrected chi connectivity index (χ0v) is 9.54. The average Bonchev–Trinajstić information content (AvgIpc) is 2.32. The highest BCUT2D eigenvalue weighted by atomic mass is 15.1. The quantitative estimate of drug-likeness (QED) is 0.790. The van der Waals surface area contributed by atoms with Gasteiger partial charge in [0.15, 0.2) is 0 Å². The predicted molar refractivity (Wildman–Crippen MR) is 67.2 cm³/mol. The number of aromatic nitrogens is 2. The summed E-state index contributed by atoms with van der Waals surface area (Å²) in [4.78, 5) is 9.70. The van der Waals surface area contributed by atoms with E-state index < -0.39 is 0 Å². The molecule has 0 fully saturated rings. The lowest BCUT2D eigenvalue weighted by molar-refractivity contribution is 1.12. The van der Waals surface area contributed by atoms with Crippen LogP contribution in [0.1, 0.15) is 0 Å². The molecule has 0 spiro atoms. The highest BCUT2D eigenvalue weighted by molar-refractivity contribution is 5.42. The number of anilines is 2. The molecule has 84 valence electrons. The molecule has 16 heavy (non-hydrogen) atoms. The molecule has 0 saturated carbocycles. The van der Waals surface area contributed by atoms with Gasteiger partial charge in [0, 0.05) is 38.4 Å². The van der Waals surface area contributed by atoms with Crippen molar-refractivity contribution in [2.75, 3.05) is 24.7 Å². The van der Waals surface area contributed by atoms with Crippen LogP contribution in [0.5, 0.6) is 0 Å². The molecule has 2 rings (SSSR count). The van der Waals surface area contributed by atoms with Gasteiger partial charge in [0.2, 0.25) is 0 Å². The van der Waals surface area contributed by atoms with Crippen LogP contribution in [0.25, 0.3) is 0 Å². The number of pyridine rings is 2. The summed E-state index contributed by atoms with van der Waals surface area (Å²) in [5.41, 5.74) is 6.43. The summed E-state index contributed by atoms with van der Waals surface area (Å²) < 4.78 is 0. The van der Waals surface area contributed by atoms with Gasteiger partial charge < -0.3 is 10.6 Å². The van der Waals surface area contributed by atoms with Gasteiger partial charge in [-0.2, -0.15) is 0 Å². The molecule has 4 nitrogen and oxygen atoms in total. The molecular weight excluding hydrogens is 200 g/mol. The lowest BCUT2D eigenvalue weighted by Gasteiger charge is -2.10. The first-order valence-electron chi connectivity index (χ1n) is 4.94. The largest absolute Gasteiger partial charge is 0.384 e. The van der Waals surface area contributed by atoms with Crippen molar-refractivity contribution >= 4 is 11.5 Å². The topological polar surface area (TPSA) is 55.0 Å². The molecule has 0 unspecified atom stereocenters. The van der Waals surface area contributed by atoms with Crippen molar-refractivity contribution in [3.05, 3.63) is 48.9 Å². The molecule has 2 aromatic heterocycles. The summed E-state index contributed by atoms with van der Waals surface area (Å²) in [5.74, 6) is 0.572. The van der Waals surface area contributed by atoms with Gasteiger partial charge in [-0.15, -0.1) is 0 Å². The van der Waals surface area contributed by atoms with Crippen LogP contribution in [0.3, 0.4) is 0 Å². The summed E-state index contributed by atoms with van der Waals surface area (Å²) >= 11 is 0. The van der Waals surface area contributed by atoms with E-state index in [1.807, 2.05) is 43.3 Å². The van der Waals surface area contributed by atoms with E-state index in [1.165, 1.54) is 5.69 Å². The van der Waals surface area contributed by atoms with Gasteiger partial charge in [-0.3, -0.25) is 4.98 Å². The maximum Gasteiger partial charge on any atom is 0.123 e. The van der Waals surface area contributed by atoms with Gasteiger partial charge in [-0.25, -0.2) is 4.98 Å². The van der Waals surface area contributed by atoms with E-state index in [1.54, 1.807) is 24.7 Å². The van der Waals surface area contributed by atoms with Crippen LogP contribution in [0.2, 0.25) is 0 Å². The minimum atomic E-state index is 0.572. The number of hydrogen-bond donors (Lipinski definition) is 1. The van der Waals surface area contributed by atoms with Crippen molar-refractivity contribution in [2.24, 2.45) is 0 Å². The maximum atomic E-state index is 5.25. The van der Waals surface area contributed by atoms with Crippen molar-refractivity contribution in [3.63, 3.8) is 0 Å². The number of nitrogens with two attached hydrogens (primary N) is 1. The third-order valence-corrected chi connectivity index (χ3v) is 1.87. The predicted octanol–water partition coefficient (Wildman–Crippen LogP) is 1.81. The molecule has 0 aliphatic rings. The minimum absolute atomic E-state index is 0.572. The molecule has 0 aromatic carbocycles. The number of hydrogen-bond acceptors (Lipinski definition) is 4. The van der Waals surface area contributed by atoms with E-state index in [2.05, 4.69) is 9.97 Å². The van der Waals surface area contributed by atoms with Crippen molar-refractivity contribution in [3.8, 4) is 0 Å². The zero-order valence-electron chi connectivity index (χ0n) is 9.54. The Balaban J connectivity index is 0.000000165. The lowest BCUT2D eigenvalue weighted by Crippen LogP contribution is -2.07. The minimum Gasteiger partial charge on any atom is -0.384 e. The Kier molecular flexibility index (Phi) is 4.79. The maximum absolute atomic E-state index is 5.25. The molecule has 2 aromatic rings. The van der Waals surface area contributed by atoms with Gasteiger partial charge in [0.1, 0.15) is 5.82 Å². The molecule has 0 bridgehead atoms. The molecule has 0 saturated heterocycles. The Hall–Kier alpha value is -2.10. The second-order valence-electron chi connectivity index (χ2n) is 3.35.